The molecular weight excluding hydrogens is 308 g/mol. The van der Waals surface area contributed by atoms with E-state index in [1.807, 2.05) is 19.1 Å². The van der Waals surface area contributed by atoms with E-state index in [2.05, 4.69) is 15.9 Å². The van der Waals surface area contributed by atoms with Crippen LogP contribution in [0, 0.1) is 0 Å². The van der Waals surface area contributed by atoms with Crippen molar-refractivity contribution >= 4 is 45.1 Å². The summed E-state index contributed by atoms with van der Waals surface area (Å²) in [5.41, 5.74) is 0.632. The van der Waals surface area contributed by atoms with E-state index in [0.29, 0.717) is 10.6 Å². The second kappa shape index (κ2) is 4.71. The Bertz CT molecular complexity index is 427. The second-order valence-corrected chi connectivity index (χ2v) is 6.94. The van der Waals surface area contributed by atoms with Gasteiger partial charge in [-0.15, -0.1) is 11.8 Å². The molecule has 0 radical (unpaired) electrons. The van der Waals surface area contributed by atoms with Gasteiger partial charge >= 0.3 is 0 Å². The lowest BCUT2D eigenvalue weighted by atomic mass is 9.95. The molecule has 0 N–H and O–H groups in total. The maximum Gasteiger partial charge on any atom is 0.180 e. The molecule has 86 valence electrons. The molecular formula is C12H12BrClOS. The zero-order valence-electron chi connectivity index (χ0n) is 8.93. The Morgan fingerprint density at radius 2 is 2.31 bits per heavy atom. The van der Waals surface area contributed by atoms with E-state index in [1.165, 1.54) is 0 Å². The molecule has 1 aromatic rings. The minimum Gasteiger partial charge on any atom is -0.293 e. The fourth-order valence-electron chi connectivity index (χ4n) is 1.92. The highest BCUT2D eigenvalue weighted by atomic mass is 79.9. The number of Topliss-reactive ketones (excluding diaryl/α,β-unsaturated/α-hetero) is 1. The summed E-state index contributed by atoms with van der Waals surface area (Å²) in [4.78, 5) is 12.4. The molecule has 0 amide bonds. The average molecular weight is 320 g/mol. The monoisotopic (exact) mass is 318 g/mol. The van der Waals surface area contributed by atoms with Crippen LogP contribution in [-0.2, 0) is 0 Å². The maximum atomic E-state index is 12.4. The lowest BCUT2D eigenvalue weighted by molar-refractivity contribution is 0.0949. The third kappa shape index (κ3) is 2.18. The van der Waals surface area contributed by atoms with Crippen molar-refractivity contribution in [2.75, 3.05) is 5.75 Å². The number of hydrogen-bond acceptors (Lipinski definition) is 2. The van der Waals surface area contributed by atoms with Crippen LogP contribution in [0.3, 0.4) is 0 Å². The molecule has 0 aromatic heterocycles. The van der Waals surface area contributed by atoms with Gasteiger partial charge in [0.15, 0.2) is 5.78 Å². The number of halogens is 2. The Kier molecular flexibility index (Phi) is 3.67. The van der Waals surface area contributed by atoms with E-state index < -0.39 is 0 Å². The predicted molar refractivity (Wildman–Crippen MR) is 73.6 cm³/mol. The Morgan fingerprint density at radius 1 is 1.56 bits per heavy atom. The summed E-state index contributed by atoms with van der Waals surface area (Å²) in [6, 6.07) is 5.51. The van der Waals surface area contributed by atoms with Gasteiger partial charge in [0.05, 0.1) is 9.77 Å². The SMILES string of the molecule is CC1(C(=O)c2cccc(Br)c2Cl)CCCS1. The summed E-state index contributed by atoms with van der Waals surface area (Å²) in [7, 11) is 0. The molecule has 2 rings (SSSR count). The van der Waals surface area contributed by atoms with Crippen LogP contribution in [0.15, 0.2) is 22.7 Å². The van der Waals surface area contributed by atoms with Gasteiger partial charge in [0.1, 0.15) is 0 Å². The van der Waals surface area contributed by atoms with E-state index in [-0.39, 0.29) is 10.5 Å². The number of carbonyl (C=O) groups excluding carboxylic acids is 1. The van der Waals surface area contributed by atoms with E-state index in [0.717, 1.165) is 23.1 Å². The highest BCUT2D eigenvalue weighted by molar-refractivity contribution is 9.10. The smallest absolute Gasteiger partial charge is 0.180 e. The van der Waals surface area contributed by atoms with Gasteiger partial charge in [-0.25, -0.2) is 0 Å². The van der Waals surface area contributed by atoms with Crippen LogP contribution in [-0.4, -0.2) is 16.3 Å². The van der Waals surface area contributed by atoms with Crippen LogP contribution < -0.4 is 0 Å². The molecule has 1 unspecified atom stereocenters. The van der Waals surface area contributed by atoms with Gasteiger partial charge < -0.3 is 0 Å². The summed E-state index contributed by atoms with van der Waals surface area (Å²) in [6.07, 6.45) is 2.05. The number of carbonyl (C=O) groups is 1. The van der Waals surface area contributed by atoms with Crippen molar-refractivity contribution in [3.8, 4) is 0 Å². The molecule has 0 bridgehead atoms. The van der Waals surface area contributed by atoms with E-state index >= 15 is 0 Å². The van der Waals surface area contributed by atoms with Crippen LogP contribution in [0.2, 0.25) is 5.02 Å². The van der Waals surface area contributed by atoms with Gasteiger partial charge in [0.2, 0.25) is 0 Å². The molecule has 0 spiro atoms. The van der Waals surface area contributed by atoms with Crippen LogP contribution in [0.4, 0.5) is 0 Å². The van der Waals surface area contributed by atoms with Crippen molar-refractivity contribution in [3.05, 3.63) is 33.3 Å². The molecule has 4 heteroatoms. The molecule has 1 heterocycles. The molecule has 16 heavy (non-hydrogen) atoms. The van der Waals surface area contributed by atoms with Gasteiger partial charge in [-0.2, -0.15) is 0 Å². The van der Waals surface area contributed by atoms with E-state index in [4.69, 9.17) is 11.6 Å². The zero-order chi connectivity index (χ0) is 11.8. The first kappa shape index (κ1) is 12.5. The van der Waals surface area contributed by atoms with Crippen molar-refractivity contribution in [1.29, 1.82) is 0 Å². The van der Waals surface area contributed by atoms with Gasteiger partial charge in [0, 0.05) is 10.0 Å². The highest BCUT2D eigenvalue weighted by Crippen LogP contribution is 2.41. The van der Waals surface area contributed by atoms with E-state index in [1.54, 1.807) is 17.8 Å². The summed E-state index contributed by atoms with van der Waals surface area (Å²) in [5, 5.41) is 0.529. The number of rotatable bonds is 2. The first-order chi connectivity index (χ1) is 7.54. The Labute approximate surface area is 113 Å². The average Bonchev–Trinajstić information content (AvgIpc) is 2.70. The molecule has 1 aliphatic heterocycles. The quantitative estimate of drug-likeness (QED) is 0.743. The molecule has 1 fully saturated rings. The molecule has 0 saturated carbocycles. The van der Waals surface area contributed by atoms with Crippen molar-refractivity contribution < 1.29 is 4.79 Å². The lowest BCUT2D eigenvalue weighted by Crippen LogP contribution is -2.28. The van der Waals surface area contributed by atoms with E-state index in [9.17, 15) is 4.79 Å². The molecule has 1 aromatic carbocycles. The van der Waals surface area contributed by atoms with Crippen LogP contribution in [0.5, 0.6) is 0 Å². The van der Waals surface area contributed by atoms with Crippen molar-refractivity contribution in [2.45, 2.75) is 24.5 Å². The first-order valence-electron chi connectivity index (χ1n) is 5.17. The number of thioether (sulfide) groups is 1. The van der Waals surface area contributed by atoms with Crippen LogP contribution in [0.1, 0.15) is 30.1 Å². The molecule has 1 nitrogen and oxygen atoms in total. The van der Waals surface area contributed by atoms with Crippen molar-refractivity contribution in [1.82, 2.24) is 0 Å². The van der Waals surface area contributed by atoms with Crippen LogP contribution >= 0.6 is 39.3 Å². The minimum atomic E-state index is -0.287. The van der Waals surface area contributed by atoms with Crippen LogP contribution in [0.25, 0.3) is 0 Å². The van der Waals surface area contributed by atoms with Crippen molar-refractivity contribution in [3.63, 3.8) is 0 Å². The predicted octanol–water partition coefficient (Wildman–Crippen LogP) is 4.57. The Balaban J connectivity index is 2.37. The molecule has 0 aliphatic carbocycles. The normalized spacial score (nSPS) is 24.7. The largest absolute Gasteiger partial charge is 0.293 e. The fourth-order valence-corrected chi connectivity index (χ4v) is 3.77. The third-order valence-corrected chi connectivity index (χ3v) is 5.71. The fraction of sp³-hybridized carbons (Fsp3) is 0.417. The summed E-state index contributed by atoms with van der Waals surface area (Å²) in [6.45, 7) is 2.02. The number of ketones is 1. The maximum absolute atomic E-state index is 12.4. The second-order valence-electron chi connectivity index (χ2n) is 4.11. The summed E-state index contributed by atoms with van der Waals surface area (Å²) in [5.74, 6) is 1.22. The highest BCUT2D eigenvalue weighted by Gasteiger charge is 2.38. The minimum absolute atomic E-state index is 0.154. The van der Waals surface area contributed by atoms with Crippen molar-refractivity contribution in [2.24, 2.45) is 0 Å². The zero-order valence-corrected chi connectivity index (χ0v) is 12.1. The number of hydrogen-bond donors (Lipinski definition) is 0. The summed E-state index contributed by atoms with van der Waals surface area (Å²) < 4.78 is 0.497. The van der Waals surface area contributed by atoms with Gasteiger partial charge in [-0.3, -0.25) is 4.79 Å². The molecule has 1 saturated heterocycles. The standard InChI is InChI=1S/C12H12BrClOS/c1-12(6-3-7-16-12)11(15)8-4-2-5-9(13)10(8)14/h2,4-5H,3,6-7H2,1H3. The Morgan fingerprint density at radius 3 is 2.94 bits per heavy atom. The third-order valence-electron chi connectivity index (χ3n) is 2.90. The van der Waals surface area contributed by atoms with Gasteiger partial charge in [-0.1, -0.05) is 17.7 Å². The Hall–Kier alpha value is 0.01000. The van der Waals surface area contributed by atoms with Gasteiger partial charge in [0.25, 0.3) is 0 Å². The molecule has 1 atom stereocenters. The number of benzene rings is 1. The van der Waals surface area contributed by atoms with Gasteiger partial charge in [-0.05, 0) is 53.6 Å². The first-order valence-corrected chi connectivity index (χ1v) is 7.33. The molecule has 1 aliphatic rings. The lowest BCUT2D eigenvalue weighted by Gasteiger charge is -2.21. The topological polar surface area (TPSA) is 17.1 Å². The summed E-state index contributed by atoms with van der Waals surface area (Å²) >= 11 is 11.2.